The molecule has 1 aliphatic rings. The fraction of sp³-hybridized carbons (Fsp3) is 0.0625. The molecular formula is C16H11BrF2N2. The molecule has 0 amide bonds. The molecule has 0 spiro atoms. The van der Waals surface area contributed by atoms with Crippen LogP contribution in [-0.2, 0) is 5.92 Å². The van der Waals surface area contributed by atoms with Crippen molar-refractivity contribution in [2.24, 2.45) is 0 Å². The van der Waals surface area contributed by atoms with Crippen molar-refractivity contribution >= 4 is 21.5 Å². The second kappa shape index (κ2) is 4.77. The van der Waals surface area contributed by atoms with Crippen LogP contribution < -0.4 is 0 Å². The molecule has 1 heterocycles. The van der Waals surface area contributed by atoms with Crippen LogP contribution in [0.25, 0.3) is 16.8 Å². The summed E-state index contributed by atoms with van der Waals surface area (Å²) in [4.78, 5) is 6.82. The number of nitrogens with one attached hydrogen (secondary N) is 1. The Morgan fingerprint density at radius 1 is 1.38 bits per heavy atom. The molecule has 2 nitrogen and oxygen atoms in total. The van der Waals surface area contributed by atoms with Gasteiger partial charge in [-0.3, -0.25) is 0 Å². The van der Waals surface area contributed by atoms with Crippen molar-refractivity contribution in [2.75, 3.05) is 0 Å². The Kier molecular flexibility index (Phi) is 3.17. The molecule has 2 aromatic rings. The lowest BCUT2D eigenvalue weighted by atomic mass is 10.0. The summed E-state index contributed by atoms with van der Waals surface area (Å²) in [5.74, 6) is -3.08. The van der Waals surface area contributed by atoms with Gasteiger partial charge in [0.2, 0.25) is 0 Å². The maximum absolute atomic E-state index is 14.6. The predicted octanol–water partition coefficient (Wildman–Crippen LogP) is 5.03. The number of hydrogen-bond acceptors (Lipinski definition) is 1. The number of aromatic amines is 1. The number of alkyl halides is 2. The van der Waals surface area contributed by atoms with Gasteiger partial charge in [-0.15, -0.1) is 0 Å². The standard InChI is InChI=1S/C16H11BrF2N2/c1-9(17)5-13-10(2)12-4-3-11(15-7-20-8-21-15)6-14(12)16(13,18)19/h3-8H,1-2H2,(H,20,21)/b13-5+. The van der Waals surface area contributed by atoms with Gasteiger partial charge in [0.25, 0.3) is 5.92 Å². The molecule has 21 heavy (non-hydrogen) atoms. The van der Waals surface area contributed by atoms with E-state index in [4.69, 9.17) is 0 Å². The van der Waals surface area contributed by atoms with Crippen molar-refractivity contribution in [3.8, 4) is 11.3 Å². The number of nitrogens with zero attached hydrogens (tertiary/aromatic N) is 1. The summed E-state index contributed by atoms with van der Waals surface area (Å²) < 4.78 is 29.6. The van der Waals surface area contributed by atoms with Crippen LogP contribution in [-0.4, -0.2) is 9.97 Å². The zero-order valence-corrected chi connectivity index (χ0v) is 12.5. The molecule has 0 saturated carbocycles. The summed E-state index contributed by atoms with van der Waals surface area (Å²) in [5, 5.41) is 0. The molecule has 106 valence electrons. The molecule has 1 aliphatic carbocycles. The lowest BCUT2D eigenvalue weighted by Gasteiger charge is -2.13. The van der Waals surface area contributed by atoms with Crippen molar-refractivity contribution in [3.63, 3.8) is 0 Å². The second-order valence-electron chi connectivity index (χ2n) is 4.78. The molecule has 1 aromatic carbocycles. The quantitative estimate of drug-likeness (QED) is 0.809. The van der Waals surface area contributed by atoms with Crippen LogP contribution in [0.4, 0.5) is 8.78 Å². The van der Waals surface area contributed by atoms with Crippen molar-refractivity contribution in [1.82, 2.24) is 9.97 Å². The van der Waals surface area contributed by atoms with Crippen LogP contribution in [0.3, 0.4) is 0 Å². The predicted molar refractivity (Wildman–Crippen MR) is 83.1 cm³/mol. The number of rotatable bonds is 2. The minimum absolute atomic E-state index is 0.0420. The Morgan fingerprint density at radius 2 is 2.14 bits per heavy atom. The molecule has 0 aliphatic heterocycles. The minimum Gasteiger partial charge on any atom is -0.345 e. The van der Waals surface area contributed by atoms with E-state index in [1.54, 1.807) is 18.3 Å². The van der Waals surface area contributed by atoms with Crippen LogP contribution in [0.15, 0.2) is 60.0 Å². The molecule has 0 saturated heterocycles. The zero-order valence-electron chi connectivity index (χ0n) is 11.0. The van der Waals surface area contributed by atoms with E-state index in [0.717, 1.165) is 0 Å². The van der Waals surface area contributed by atoms with Crippen LogP contribution in [0, 0.1) is 0 Å². The summed E-state index contributed by atoms with van der Waals surface area (Å²) in [6.45, 7) is 7.38. The largest absolute Gasteiger partial charge is 0.345 e. The van der Waals surface area contributed by atoms with Crippen molar-refractivity contribution in [2.45, 2.75) is 5.92 Å². The number of halogens is 3. The first-order valence-corrected chi connectivity index (χ1v) is 6.98. The van der Waals surface area contributed by atoms with Crippen LogP contribution >= 0.6 is 15.9 Å². The monoisotopic (exact) mass is 348 g/mol. The fourth-order valence-corrected chi connectivity index (χ4v) is 2.69. The maximum atomic E-state index is 14.6. The Morgan fingerprint density at radius 3 is 2.76 bits per heavy atom. The molecule has 1 N–H and O–H groups in total. The lowest BCUT2D eigenvalue weighted by molar-refractivity contribution is 0.0479. The average molecular weight is 349 g/mol. The highest BCUT2D eigenvalue weighted by molar-refractivity contribution is 9.11. The first kappa shape index (κ1) is 13.9. The molecule has 0 bridgehead atoms. The Bertz CT molecular complexity index is 774. The van der Waals surface area contributed by atoms with Gasteiger partial charge < -0.3 is 4.98 Å². The molecule has 0 atom stereocenters. The summed E-state index contributed by atoms with van der Waals surface area (Å²) in [6, 6.07) is 4.92. The zero-order chi connectivity index (χ0) is 15.2. The van der Waals surface area contributed by atoms with Crippen molar-refractivity contribution in [1.29, 1.82) is 0 Å². The van der Waals surface area contributed by atoms with E-state index in [2.05, 4.69) is 39.1 Å². The molecular weight excluding hydrogens is 338 g/mol. The highest BCUT2D eigenvalue weighted by Gasteiger charge is 2.46. The highest BCUT2D eigenvalue weighted by Crippen LogP contribution is 2.52. The number of imidazole rings is 1. The number of allylic oxidation sites excluding steroid dienone is 4. The lowest BCUT2D eigenvalue weighted by Crippen LogP contribution is -2.11. The smallest absolute Gasteiger partial charge is 0.299 e. The van der Waals surface area contributed by atoms with Crippen molar-refractivity contribution < 1.29 is 8.78 Å². The fourth-order valence-electron chi connectivity index (χ4n) is 2.46. The van der Waals surface area contributed by atoms with E-state index < -0.39 is 5.92 Å². The van der Waals surface area contributed by atoms with Gasteiger partial charge in [0, 0.05) is 21.2 Å². The van der Waals surface area contributed by atoms with Gasteiger partial charge in [-0.05, 0) is 23.3 Å². The molecule has 5 heteroatoms. The SMILES string of the molecule is C=C(Br)/C=C1\C(=C)c2ccc(-c3cnc[nH]3)cc2C1(F)F. The topological polar surface area (TPSA) is 28.7 Å². The third-order valence-electron chi connectivity index (χ3n) is 3.46. The minimum atomic E-state index is -3.08. The summed E-state index contributed by atoms with van der Waals surface area (Å²) in [5.41, 5.74) is 1.98. The maximum Gasteiger partial charge on any atom is 0.299 e. The summed E-state index contributed by atoms with van der Waals surface area (Å²) in [6.07, 6.45) is 4.43. The van der Waals surface area contributed by atoms with Gasteiger partial charge in [-0.2, -0.15) is 8.78 Å². The van der Waals surface area contributed by atoms with E-state index in [1.807, 2.05) is 0 Å². The third-order valence-corrected chi connectivity index (χ3v) is 3.69. The first-order valence-electron chi connectivity index (χ1n) is 6.18. The van der Waals surface area contributed by atoms with Gasteiger partial charge >= 0.3 is 0 Å². The summed E-state index contributed by atoms with van der Waals surface area (Å²) in [7, 11) is 0. The number of hydrogen-bond donors (Lipinski definition) is 1. The number of benzene rings is 1. The Labute approximate surface area is 129 Å². The first-order chi connectivity index (χ1) is 9.91. The van der Waals surface area contributed by atoms with Crippen LogP contribution in [0.1, 0.15) is 11.1 Å². The number of fused-ring (bicyclic) bond motifs is 1. The molecule has 0 radical (unpaired) electrons. The Hall–Kier alpha value is -2.01. The molecule has 1 aromatic heterocycles. The van der Waals surface area contributed by atoms with Gasteiger partial charge in [-0.1, -0.05) is 41.2 Å². The van der Waals surface area contributed by atoms with E-state index in [0.29, 0.717) is 26.9 Å². The van der Waals surface area contributed by atoms with Gasteiger partial charge in [0.15, 0.2) is 0 Å². The Balaban J connectivity index is 2.18. The molecule has 3 rings (SSSR count). The van der Waals surface area contributed by atoms with E-state index in [1.165, 1.54) is 18.5 Å². The van der Waals surface area contributed by atoms with E-state index in [9.17, 15) is 8.78 Å². The van der Waals surface area contributed by atoms with Gasteiger partial charge in [0.05, 0.1) is 18.2 Å². The van der Waals surface area contributed by atoms with Crippen molar-refractivity contribution in [3.05, 3.63) is 71.1 Å². The second-order valence-corrected chi connectivity index (χ2v) is 5.80. The summed E-state index contributed by atoms with van der Waals surface area (Å²) >= 11 is 3.10. The number of H-pyrrole nitrogens is 1. The van der Waals surface area contributed by atoms with E-state index >= 15 is 0 Å². The normalized spacial score (nSPS) is 18.0. The van der Waals surface area contributed by atoms with Gasteiger partial charge in [-0.25, -0.2) is 4.98 Å². The van der Waals surface area contributed by atoms with Crippen LogP contribution in [0.2, 0.25) is 0 Å². The highest BCUT2D eigenvalue weighted by atomic mass is 79.9. The van der Waals surface area contributed by atoms with E-state index in [-0.39, 0.29) is 11.1 Å². The van der Waals surface area contributed by atoms with Crippen LogP contribution in [0.5, 0.6) is 0 Å². The molecule has 0 unspecified atom stereocenters. The molecule has 0 fully saturated rings. The average Bonchev–Trinajstić information content (AvgIpc) is 3.02. The van der Waals surface area contributed by atoms with Gasteiger partial charge in [0.1, 0.15) is 0 Å². The third kappa shape index (κ3) is 2.17. The number of aromatic nitrogens is 2.